The van der Waals surface area contributed by atoms with E-state index in [4.69, 9.17) is 4.74 Å². The van der Waals surface area contributed by atoms with Gasteiger partial charge in [-0.1, -0.05) is 6.08 Å². The molecule has 0 saturated carbocycles. The molecule has 0 spiro atoms. The summed E-state index contributed by atoms with van der Waals surface area (Å²) in [5, 5.41) is 3.09. The number of amides is 3. The van der Waals surface area contributed by atoms with Crippen LogP contribution in [-0.4, -0.2) is 67.3 Å². The van der Waals surface area contributed by atoms with Gasteiger partial charge < -0.3 is 24.8 Å². The molecule has 0 bridgehead atoms. The number of piperidine rings is 1. The molecule has 2 aromatic carbocycles. The fraction of sp³-hybridized carbons (Fsp3) is 0.387. The number of methoxy groups -OCH3 is 1. The minimum Gasteiger partial charge on any atom is -0.497 e. The third-order valence-electron chi connectivity index (χ3n) is 8.44. The highest BCUT2D eigenvalue weighted by Gasteiger charge is 2.33. The van der Waals surface area contributed by atoms with Crippen molar-refractivity contribution in [2.75, 3.05) is 43.5 Å². The highest BCUT2D eigenvalue weighted by Crippen LogP contribution is 2.33. The van der Waals surface area contributed by atoms with Crippen LogP contribution < -0.4 is 15.0 Å². The van der Waals surface area contributed by atoms with E-state index in [2.05, 4.69) is 21.3 Å². The van der Waals surface area contributed by atoms with Crippen LogP contribution in [0.25, 0.3) is 0 Å². The van der Waals surface area contributed by atoms with Gasteiger partial charge in [0.15, 0.2) is 0 Å². The number of aliphatic imine (C=N–C) groups is 1. The zero-order valence-corrected chi connectivity index (χ0v) is 23.0. The largest absolute Gasteiger partial charge is 0.497 e. The van der Waals surface area contributed by atoms with Crippen molar-refractivity contribution in [2.45, 2.75) is 45.1 Å². The van der Waals surface area contributed by atoms with E-state index in [1.54, 1.807) is 24.3 Å². The molecule has 1 saturated heterocycles. The molecule has 3 amide bonds. The number of benzene rings is 2. The van der Waals surface area contributed by atoms with E-state index in [1.165, 1.54) is 12.1 Å². The van der Waals surface area contributed by atoms with E-state index in [1.807, 2.05) is 30.0 Å². The quantitative estimate of drug-likeness (QED) is 0.595. The lowest BCUT2D eigenvalue weighted by Crippen LogP contribution is -2.48. The summed E-state index contributed by atoms with van der Waals surface area (Å²) < 4.78 is 19.1. The maximum absolute atomic E-state index is 13.7. The molecule has 1 N–H and O–H groups in total. The van der Waals surface area contributed by atoms with E-state index in [9.17, 15) is 14.0 Å². The monoisotopic (exact) mass is 543 g/mol. The molecule has 0 unspecified atom stereocenters. The molecular weight excluding hydrogens is 509 g/mol. The van der Waals surface area contributed by atoms with Gasteiger partial charge >= 0.3 is 6.03 Å². The number of likely N-dealkylation sites (tertiary alicyclic amines) is 1. The predicted molar refractivity (Wildman–Crippen MR) is 153 cm³/mol. The van der Waals surface area contributed by atoms with Gasteiger partial charge in [0.05, 0.1) is 7.11 Å². The average Bonchev–Trinajstić information content (AvgIpc) is 3.18. The molecule has 208 valence electrons. The zero-order valence-electron chi connectivity index (χ0n) is 23.0. The molecule has 9 heteroatoms. The summed E-state index contributed by atoms with van der Waals surface area (Å²) in [6.45, 7) is 4.70. The Hall–Kier alpha value is -4.14. The van der Waals surface area contributed by atoms with Crippen LogP contribution in [0.5, 0.6) is 5.75 Å². The molecule has 40 heavy (non-hydrogen) atoms. The van der Waals surface area contributed by atoms with E-state index in [0.29, 0.717) is 31.6 Å². The number of nitrogens with one attached hydrogen (secondary N) is 1. The second kappa shape index (κ2) is 10.8. The summed E-state index contributed by atoms with van der Waals surface area (Å²) in [7, 11) is 1.65. The van der Waals surface area contributed by atoms with Crippen molar-refractivity contribution < 1.29 is 18.7 Å². The van der Waals surface area contributed by atoms with Crippen LogP contribution in [0.15, 0.2) is 64.4 Å². The molecule has 0 atom stereocenters. The zero-order chi connectivity index (χ0) is 27.8. The fourth-order valence-electron chi connectivity index (χ4n) is 6.29. The maximum Gasteiger partial charge on any atom is 0.322 e. The molecular formula is C31H34FN5O3. The number of allylic oxidation sites excluding steroid dienone is 2. The van der Waals surface area contributed by atoms with Crippen LogP contribution >= 0.6 is 0 Å². The second-order valence-electron chi connectivity index (χ2n) is 10.7. The first-order valence-corrected chi connectivity index (χ1v) is 14.0. The van der Waals surface area contributed by atoms with E-state index < -0.39 is 0 Å². The number of hydrogen-bond acceptors (Lipinski definition) is 5. The van der Waals surface area contributed by atoms with E-state index in [0.717, 1.165) is 71.9 Å². The van der Waals surface area contributed by atoms with E-state index >= 15 is 0 Å². The Balaban J connectivity index is 1.14. The Morgan fingerprint density at radius 3 is 2.65 bits per heavy atom. The molecule has 0 radical (unpaired) electrons. The van der Waals surface area contributed by atoms with Gasteiger partial charge in [0.2, 0.25) is 0 Å². The number of fused-ring (bicyclic) bond motifs is 2. The van der Waals surface area contributed by atoms with Crippen LogP contribution in [0.4, 0.5) is 20.6 Å². The van der Waals surface area contributed by atoms with Gasteiger partial charge in [0, 0.05) is 67.5 Å². The van der Waals surface area contributed by atoms with Crippen molar-refractivity contribution in [1.29, 1.82) is 0 Å². The van der Waals surface area contributed by atoms with Crippen molar-refractivity contribution in [3.8, 4) is 5.75 Å². The van der Waals surface area contributed by atoms with Crippen LogP contribution in [0, 0.1) is 5.82 Å². The third-order valence-corrected chi connectivity index (χ3v) is 8.44. The topological polar surface area (TPSA) is 77.5 Å². The Labute approximate surface area is 233 Å². The maximum atomic E-state index is 13.7. The van der Waals surface area contributed by atoms with Gasteiger partial charge in [0.25, 0.3) is 5.91 Å². The van der Waals surface area contributed by atoms with Crippen LogP contribution in [-0.2, 0) is 17.6 Å². The molecule has 6 rings (SSSR count). The van der Waals surface area contributed by atoms with Gasteiger partial charge in [-0.2, -0.15) is 0 Å². The van der Waals surface area contributed by atoms with Crippen molar-refractivity contribution in [2.24, 2.45) is 4.99 Å². The Kier molecular flexibility index (Phi) is 7.04. The van der Waals surface area contributed by atoms with Crippen LogP contribution in [0.2, 0.25) is 0 Å². The first-order chi connectivity index (χ1) is 19.4. The number of rotatable bonds is 4. The summed E-state index contributed by atoms with van der Waals surface area (Å²) in [5.74, 6) is 0.353. The highest BCUT2D eigenvalue weighted by atomic mass is 19.1. The molecule has 4 aliphatic rings. The Morgan fingerprint density at radius 1 is 1.05 bits per heavy atom. The summed E-state index contributed by atoms with van der Waals surface area (Å²) in [5.41, 5.74) is 5.85. The molecule has 8 nitrogen and oxygen atoms in total. The highest BCUT2D eigenvalue weighted by molar-refractivity contribution is 6.08. The lowest BCUT2D eigenvalue weighted by molar-refractivity contribution is -0.115. The summed E-state index contributed by atoms with van der Waals surface area (Å²) in [4.78, 5) is 37.4. The van der Waals surface area contributed by atoms with Gasteiger partial charge in [-0.15, -0.1) is 0 Å². The van der Waals surface area contributed by atoms with Crippen molar-refractivity contribution in [3.63, 3.8) is 0 Å². The first kappa shape index (κ1) is 26.1. The smallest absolute Gasteiger partial charge is 0.322 e. The summed E-state index contributed by atoms with van der Waals surface area (Å²) >= 11 is 0. The van der Waals surface area contributed by atoms with Crippen molar-refractivity contribution >= 4 is 29.5 Å². The lowest BCUT2D eigenvalue weighted by atomic mass is 10.00. The standard InChI is InChI=1S/C31H34FN5O3/c1-20-27(4-3-13-33-29(20)30(38)37-17-10-22-18-23(32)5-8-28(22)37)35-14-11-24(12-15-35)36-16-9-21-19-25(40-2)6-7-26(21)34-31(36)39/h4-8,13,18-19,24H,3,9-12,14-17H2,1-2H3,(H,34,39). The lowest BCUT2D eigenvalue weighted by Gasteiger charge is -2.40. The number of ether oxygens (including phenoxy) is 1. The predicted octanol–water partition coefficient (Wildman–Crippen LogP) is 4.91. The van der Waals surface area contributed by atoms with Crippen LogP contribution in [0.3, 0.4) is 0 Å². The van der Waals surface area contributed by atoms with Gasteiger partial charge in [-0.25, -0.2) is 9.18 Å². The first-order valence-electron chi connectivity index (χ1n) is 14.0. The molecule has 4 aliphatic heterocycles. The molecule has 4 heterocycles. The fourth-order valence-corrected chi connectivity index (χ4v) is 6.29. The summed E-state index contributed by atoms with van der Waals surface area (Å²) in [6.07, 6.45) is 7.64. The normalized spacial score (nSPS) is 19.5. The van der Waals surface area contributed by atoms with Gasteiger partial charge in [0.1, 0.15) is 17.3 Å². The number of halogens is 1. The SMILES string of the molecule is COc1ccc2c(c1)CCN(C1CCN(C3=CCC=NC(C(=O)N4CCc5cc(F)ccc54)=C3C)CC1)C(=O)N2. The Bertz CT molecular complexity index is 1440. The number of carbonyl (C=O) groups excluding carboxylic acids is 2. The number of carbonyl (C=O) groups is 2. The van der Waals surface area contributed by atoms with Crippen LogP contribution in [0.1, 0.15) is 37.3 Å². The molecule has 1 fully saturated rings. The van der Waals surface area contributed by atoms with Gasteiger partial charge in [-0.3, -0.25) is 9.79 Å². The minimum atomic E-state index is -0.285. The van der Waals surface area contributed by atoms with Crippen molar-refractivity contribution in [1.82, 2.24) is 9.80 Å². The van der Waals surface area contributed by atoms with Crippen molar-refractivity contribution in [3.05, 3.63) is 76.4 Å². The summed E-state index contributed by atoms with van der Waals surface area (Å²) in [6, 6.07) is 10.5. The minimum absolute atomic E-state index is 0.0563. The van der Waals surface area contributed by atoms with E-state index in [-0.39, 0.29) is 23.8 Å². The van der Waals surface area contributed by atoms with Gasteiger partial charge in [-0.05, 0) is 80.1 Å². The second-order valence-corrected chi connectivity index (χ2v) is 10.7. The average molecular weight is 544 g/mol. The number of nitrogens with zero attached hydrogens (tertiary/aromatic N) is 4. The molecule has 0 aliphatic carbocycles. The molecule has 0 aromatic heterocycles. The Morgan fingerprint density at radius 2 is 1.85 bits per heavy atom. The third kappa shape index (κ3) is 4.85. The number of anilines is 2. The number of hydrogen-bond donors (Lipinski definition) is 1. The number of urea groups is 1. The molecule has 2 aromatic rings.